The van der Waals surface area contributed by atoms with Crippen LogP contribution >= 0.6 is 20.2 Å². The molecule has 1 aliphatic rings. The van der Waals surface area contributed by atoms with Gasteiger partial charge in [-0.25, -0.2) is 4.79 Å². The minimum absolute atomic E-state index is 0.159. The molecule has 4 atom stereocenters. The number of rotatable bonds is 7. The molecule has 180 valence electrons. The summed E-state index contributed by atoms with van der Waals surface area (Å²) in [5.74, 6) is 0. The summed E-state index contributed by atoms with van der Waals surface area (Å²) in [7, 11) is -2.69. The number of benzene rings is 1. The van der Waals surface area contributed by atoms with E-state index >= 15 is 0 Å². The zero-order valence-corrected chi connectivity index (χ0v) is 19.2. The van der Waals surface area contributed by atoms with Gasteiger partial charge in [-0.1, -0.05) is 29.8 Å². The molecule has 2 aromatic heterocycles. The van der Waals surface area contributed by atoms with Crippen molar-refractivity contribution >= 4 is 20.2 Å². The van der Waals surface area contributed by atoms with Gasteiger partial charge in [-0.2, -0.15) is 0 Å². The Bertz CT molecular complexity index is 1280. The minimum Gasteiger partial charge on any atom is -0.387 e. The molecule has 1 aliphatic heterocycles. The Kier molecular flexibility index (Phi) is 7.56. The molecule has 0 amide bonds. The molecule has 3 aromatic rings. The van der Waals surface area contributed by atoms with Gasteiger partial charge in [0.25, 0.3) is 5.56 Å². The highest BCUT2D eigenvalue weighted by atomic mass is 35.5. The molecule has 0 spiro atoms. The summed E-state index contributed by atoms with van der Waals surface area (Å²) in [6, 6.07) is 11.8. The SMILES string of the molecule is O=c1ccn(C2OC(COP(O)O)C(O)C2O)c(=O)n1Cc1cc(-c2ccccc2Cl)ccn1. The van der Waals surface area contributed by atoms with Crippen LogP contribution in [-0.2, 0) is 15.8 Å². The number of nitrogens with zero attached hydrogens (tertiary/aromatic N) is 3. The Hall–Kier alpha value is -2.47. The van der Waals surface area contributed by atoms with Crippen molar-refractivity contribution in [3.63, 3.8) is 0 Å². The summed E-state index contributed by atoms with van der Waals surface area (Å²) in [6.07, 6.45) is -2.73. The van der Waals surface area contributed by atoms with Gasteiger partial charge in [-0.05, 0) is 23.8 Å². The van der Waals surface area contributed by atoms with E-state index in [1.807, 2.05) is 12.1 Å². The molecule has 1 saturated heterocycles. The van der Waals surface area contributed by atoms with E-state index in [1.165, 1.54) is 0 Å². The third-order valence-electron chi connectivity index (χ3n) is 5.38. The lowest BCUT2D eigenvalue weighted by Crippen LogP contribution is -2.43. The number of halogens is 1. The maximum absolute atomic E-state index is 13.1. The summed E-state index contributed by atoms with van der Waals surface area (Å²) in [5, 5.41) is 21.1. The van der Waals surface area contributed by atoms with Gasteiger partial charge in [-0.15, -0.1) is 0 Å². The Morgan fingerprint density at radius 2 is 1.88 bits per heavy atom. The topological polar surface area (TPSA) is 156 Å². The van der Waals surface area contributed by atoms with Crippen LogP contribution in [0.1, 0.15) is 11.9 Å². The molecule has 4 N–H and O–H groups in total. The molecule has 1 aromatic carbocycles. The number of aliphatic hydroxyl groups is 2. The van der Waals surface area contributed by atoms with E-state index in [0.717, 1.165) is 32.5 Å². The third kappa shape index (κ3) is 5.12. The first-order chi connectivity index (χ1) is 16.3. The average molecular weight is 510 g/mol. The molecule has 13 heteroatoms. The van der Waals surface area contributed by atoms with Gasteiger partial charge in [-0.3, -0.25) is 18.9 Å². The third-order valence-corrected chi connectivity index (χ3v) is 6.09. The Balaban J connectivity index is 1.62. The minimum atomic E-state index is -2.69. The quantitative estimate of drug-likeness (QED) is 0.335. The van der Waals surface area contributed by atoms with Gasteiger partial charge >= 0.3 is 14.3 Å². The molecule has 3 heterocycles. The highest BCUT2D eigenvalue weighted by Crippen LogP contribution is 2.32. The Labute approximate surface area is 199 Å². The van der Waals surface area contributed by atoms with Crippen LogP contribution in [0.25, 0.3) is 11.1 Å². The molecule has 0 bridgehead atoms. The summed E-state index contributed by atoms with van der Waals surface area (Å²) in [4.78, 5) is 47.6. The molecular weight excluding hydrogens is 489 g/mol. The van der Waals surface area contributed by atoms with Crippen molar-refractivity contribution in [2.75, 3.05) is 6.61 Å². The predicted molar refractivity (Wildman–Crippen MR) is 122 cm³/mol. The van der Waals surface area contributed by atoms with E-state index in [2.05, 4.69) is 9.51 Å². The van der Waals surface area contributed by atoms with Crippen molar-refractivity contribution in [3.05, 3.63) is 86.4 Å². The molecule has 4 rings (SSSR count). The van der Waals surface area contributed by atoms with Crippen LogP contribution in [0.5, 0.6) is 0 Å². The lowest BCUT2D eigenvalue weighted by atomic mass is 10.1. The van der Waals surface area contributed by atoms with E-state index < -0.39 is 51.0 Å². The molecule has 0 aliphatic carbocycles. The first-order valence-electron chi connectivity index (χ1n) is 10.1. The van der Waals surface area contributed by atoms with Crippen LogP contribution in [0.15, 0.2) is 64.4 Å². The van der Waals surface area contributed by atoms with E-state index in [4.69, 9.17) is 26.1 Å². The second-order valence-electron chi connectivity index (χ2n) is 7.54. The summed E-state index contributed by atoms with van der Waals surface area (Å²) in [6.45, 7) is -0.575. The maximum atomic E-state index is 13.1. The van der Waals surface area contributed by atoms with Crippen LogP contribution < -0.4 is 11.2 Å². The Morgan fingerprint density at radius 1 is 1.12 bits per heavy atom. The summed E-state index contributed by atoms with van der Waals surface area (Å²) in [5.41, 5.74) is 0.568. The normalized spacial score (nSPS) is 22.4. The lowest BCUT2D eigenvalue weighted by Gasteiger charge is -2.18. The highest BCUT2D eigenvalue weighted by molar-refractivity contribution is 7.39. The monoisotopic (exact) mass is 509 g/mol. The number of pyridine rings is 1. The first kappa shape index (κ1) is 24.6. The lowest BCUT2D eigenvalue weighted by molar-refractivity contribution is -0.0531. The van der Waals surface area contributed by atoms with Crippen molar-refractivity contribution < 1.29 is 29.3 Å². The van der Waals surface area contributed by atoms with Gasteiger partial charge in [0, 0.05) is 29.0 Å². The van der Waals surface area contributed by atoms with Crippen molar-refractivity contribution in [2.45, 2.75) is 31.1 Å². The van der Waals surface area contributed by atoms with E-state index in [1.54, 1.807) is 30.5 Å². The number of ether oxygens (including phenoxy) is 1. The largest absolute Gasteiger partial charge is 0.387 e. The molecule has 1 fully saturated rings. The molecule has 11 nitrogen and oxygen atoms in total. The fourth-order valence-electron chi connectivity index (χ4n) is 3.70. The first-order valence-corrected chi connectivity index (χ1v) is 11.6. The zero-order valence-electron chi connectivity index (χ0n) is 17.5. The Morgan fingerprint density at radius 3 is 2.62 bits per heavy atom. The molecule has 0 radical (unpaired) electrons. The van der Waals surface area contributed by atoms with Gasteiger partial charge in [0.1, 0.15) is 18.3 Å². The second kappa shape index (κ2) is 10.4. The average Bonchev–Trinajstić information content (AvgIpc) is 3.09. The number of aliphatic hydroxyl groups excluding tert-OH is 2. The van der Waals surface area contributed by atoms with Gasteiger partial charge < -0.3 is 29.3 Å². The number of hydrogen-bond acceptors (Lipinski definition) is 9. The number of hydrogen-bond donors (Lipinski definition) is 4. The fourth-order valence-corrected chi connectivity index (χ4v) is 4.22. The van der Waals surface area contributed by atoms with Crippen LogP contribution in [0, 0.1) is 0 Å². The number of aromatic nitrogens is 3. The van der Waals surface area contributed by atoms with Crippen molar-refractivity contribution in [1.82, 2.24) is 14.1 Å². The van der Waals surface area contributed by atoms with E-state index in [9.17, 15) is 19.8 Å². The smallest absolute Gasteiger partial charge is 0.333 e. The zero-order chi connectivity index (χ0) is 24.4. The molecule has 4 unspecified atom stereocenters. The summed E-state index contributed by atoms with van der Waals surface area (Å²) < 4.78 is 12.1. The van der Waals surface area contributed by atoms with Crippen LogP contribution in [0.3, 0.4) is 0 Å². The van der Waals surface area contributed by atoms with Crippen molar-refractivity contribution in [1.29, 1.82) is 0 Å². The highest BCUT2D eigenvalue weighted by Gasteiger charge is 2.44. The maximum Gasteiger partial charge on any atom is 0.333 e. The van der Waals surface area contributed by atoms with Crippen molar-refractivity contribution in [2.24, 2.45) is 0 Å². The van der Waals surface area contributed by atoms with Crippen LogP contribution in [0.4, 0.5) is 0 Å². The summed E-state index contributed by atoms with van der Waals surface area (Å²) >= 11 is 6.27. The molecule has 0 saturated carbocycles. The standard InChI is InChI=1S/C21H21ClN3O8P/c22-15-4-2-1-3-14(15)12-5-7-23-13(9-12)10-25-17(26)6-8-24(21(25)29)20-19(28)18(27)16(33-20)11-32-34(30)31/h1-9,16,18-20,27-28,30-31H,10-11H2. The van der Waals surface area contributed by atoms with Crippen LogP contribution in [0.2, 0.25) is 5.02 Å². The molecule has 34 heavy (non-hydrogen) atoms. The van der Waals surface area contributed by atoms with Gasteiger partial charge in [0.05, 0.1) is 18.8 Å². The van der Waals surface area contributed by atoms with Gasteiger partial charge in [0.2, 0.25) is 0 Å². The van der Waals surface area contributed by atoms with E-state index in [-0.39, 0.29) is 6.54 Å². The van der Waals surface area contributed by atoms with E-state index in [0.29, 0.717) is 10.7 Å². The fraction of sp³-hybridized carbons (Fsp3) is 0.286. The van der Waals surface area contributed by atoms with Gasteiger partial charge in [0.15, 0.2) is 6.23 Å². The van der Waals surface area contributed by atoms with Crippen LogP contribution in [-0.4, -0.2) is 59.0 Å². The van der Waals surface area contributed by atoms with Crippen molar-refractivity contribution in [3.8, 4) is 11.1 Å². The predicted octanol–water partition coefficient (Wildman–Crippen LogP) is 0.621. The second-order valence-corrected chi connectivity index (χ2v) is 8.71. The molecular formula is C21H21ClN3O8P.